The molecular formula is C16H17FN6O2. The minimum Gasteiger partial charge on any atom is -0.353 e. The minimum absolute atomic E-state index is 0.192. The Hall–Kier alpha value is -2.71. The molecule has 3 fully saturated rings. The van der Waals surface area contributed by atoms with Crippen molar-refractivity contribution in [1.82, 2.24) is 25.2 Å². The van der Waals surface area contributed by atoms with Gasteiger partial charge in [-0.15, -0.1) is 0 Å². The number of imide groups is 1. The van der Waals surface area contributed by atoms with E-state index in [4.69, 9.17) is 0 Å². The summed E-state index contributed by atoms with van der Waals surface area (Å²) in [5.41, 5.74) is 0.941. The Morgan fingerprint density at radius 2 is 2.16 bits per heavy atom. The number of nitrogens with zero attached hydrogens (tertiary/aromatic N) is 4. The van der Waals surface area contributed by atoms with Gasteiger partial charge in [-0.05, 0) is 12.8 Å². The van der Waals surface area contributed by atoms with Crippen molar-refractivity contribution in [1.29, 1.82) is 0 Å². The Balaban J connectivity index is 1.56. The number of nitrogens with one attached hydrogen (secondary N) is 2. The second-order valence-electron chi connectivity index (χ2n) is 7.10. The van der Waals surface area contributed by atoms with E-state index < -0.39 is 18.1 Å². The van der Waals surface area contributed by atoms with Gasteiger partial charge in [-0.3, -0.25) is 10.1 Å². The zero-order valence-corrected chi connectivity index (χ0v) is 13.4. The first-order chi connectivity index (χ1) is 12.1. The van der Waals surface area contributed by atoms with Gasteiger partial charge in [0, 0.05) is 30.6 Å². The lowest BCUT2D eigenvalue weighted by molar-refractivity contribution is -0.122. The highest BCUT2D eigenvalue weighted by Crippen LogP contribution is 2.54. The van der Waals surface area contributed by atoms with Crippen molar-refractivity contribution in [2.24, 2.45) is 5.41 Å². The van der Waals surface area contributed by atoms with Crippen LogP contribution in [0.2, 0.25) is 0 Å². The molecule has 5 rings (SSSR count). The smallest absolute Gasteiger partial charge is 0.321 e. The maximum Gasteiger partial charge on any atom is 0.321 e. The van der Waals surface area contributed by atoms with Gasteiger partial charge in [-0.2, -0.15) is 9.61 Å². The molecule has 1 saturated carbocycles. The maximum absolute atomic E-state index is 14.4. The summed E-state index contributed by atoms with van der Waals surface area (Å²) in [6.07, 6.45) is 2.63. The Morgan fingerprint density at radius 1 is 1.32 bits per heavy atom. The number of amides is 3. The lowest BCUT2D eigenvalue weighted by Crippen LogP contribution is -2.51. The van der Waals surface area contributed by atoms with E-state index in [-0.39, 0.29) is 17.9 Å². The maximum atomic E-state index is 14.4. The molecule has 3 aliphatic rings. The summed E-state index contributed by atoms with van der Waals surface area (Å²) < 4.78 is 16.1. The number of alkyl halides is 1. The molecule has 0 bridgehead atoms. The summed E-state index contributed by atoms with van der Waals surface area (Å²) in [5, 5.41) is 9.17. The fourth-order valence-corrected chi connectivity index (χ4v) is 3.83. The van der Waals surface area contributed by atoms with Crippen LogP contribution in [0.5, 0.6) is 0 Å². The lowest BCUT2D eigenvalue weighted by atomic mass is 10.0. The zero-order chi connectivity index (χ0) is 17.2. The molecule has 130 valence electrons. The van der Waals surface area contributed by atoms with Crippen LogP contribution in [-0.4, -0.2) is 52.3 Å². The van der Waals surface area contributed by atoms with Crippen LogP contribution in [0.25, 0.3) is 5.65 Å². The molecule has 1 aliphatic carbocycles. The quantitative estimate of drug-likeness (QED) is 0.832. The van der Waals surface area contributed by atoms with Gasteiger partial charge in [0.15, 0.2) is 5.65 Å². The molecule has 3 amide bonds. The van der Waals surface area contributed by atoms with E-state index in [9.17, 15) is 14.0 Å². The molecule has 25 heavy (non-hydrogen) atoms. The van der Waals surface area contributed by atoms with Crippen molar-refractivity contribution in [3.8, 4) is 0 Å². The van der Waals surface area contributed by atoms with Crippen LogP contribution in [0.3, 0.4) is 0 Å². The third-order valence-electron chi connectivity index (χ3n) is 5.50. The predicted octanol–water partition coefficient (Wildman–Crippen LogP) is 0.591. The topological polar surface area (TPSA) is 91.6 Å². The second kappa shape index (κ2) is 4.90. The molecule has 1 spiro atoms. The number of aromatic nitrogens is 3. The number of urea groups is 1. The van der Waals surface area contributed by atoms with Crippen molar-refractivity contribution in [2.45, 2.75) is 24.9 Å². The monoisotopic (exact) mass is 344 g/mol. The van der Waals surface area contributed by atoms with Gasteiger partial charge >= 0.3 is 6.03 Å². The van der Waals surface area contributed by atoms with Gasteiger partial charge in [-0.1, -0.05) is 0 Å². The van der Waals surface area contributed by atoms with E-state index in [0.717, 1.165) is 18.7 Å². The van der Waals surface area contributed by atoms with Gasteiger partial charge in [0.2, 0.25) is 5.91 Å². The van der Waals surface area contributed by atoms with Gasteiger partial charge in [-0.25, -0.2) is 14.2 Å². The largest absolute Gasteiger partial charge is 0.353 e. The van der Waals surface area contributed by atoms with Gasteiger partial charge < -0.3 is 10.2 Å². The third-order valence-corrected chi connectivity index (χ3v) is 5.50. The summed E-state index contributed by atoms with van der Waals surface area (Å²) in [5.74, 6) is -0.217. The molecule has 9 heteroatoms. The van der Waals surface area contributed by atoms with E-state index in [1.165, 1.54) is 0 Å². The molecule has 8 nitrogen and oxygen atoms in total. The van der Waals surface area contributed by atoms with Gasteiger partial charge in [0.25, 0.3) is 0 Å². The van der Waals surface area contributed by atoms with Crippen LogP contribution < -0.4 is 15.5 Å². The number of hydrogen-bond acceptors (Lipinski definition) is 5. The van der Waals surface area contributed by atoms with Gasteiger partial charge in [0.1, 0.15) is 12.0 Å². The summed E-state index contributed by atoms with van der Waals surface area (Å²) in [4.78, 5) is 29.9. The SMILES string of the molecule is O=C1NCC(c2cc(N3CC(F)C4(CC4)C3)n3nccc3n2)C(=O)N1. The molecule has 2 aliphatic heterocycles. The average Bonchev–Trinajstić information content (AvgIpc) is 3.07. The fraction of sp³-hybridized carbons (Fsp3) is 0.500. The van der Waals surface area contributed by atoms with E-state index in [0.29, 0.717) is 24.4 Å². The Morgan fingerprint density at radius 3 is 2.88 bits per heavy atom. The molecular weight excluding hydrogens is 327 g/mol. The number of hydrogen-bond donors (Lipinski definition) is 2. The molecule has 2 saturated heterocycles. The fourth-order valence-electron chi connectivity index (χ4n) is 3.83. The van der Waals surface area contributed by atoms with Crippen LogP contribution >= 0.6 is 0 Å². The number of fused-ring (bicyclic) bond motifs is 1. The summed E-state index contributed by atoms with van der Waals surface area (Å²) in [7, 11) is 0. The normalized spacial score (nSPS) is 27.6. The van der Waals surface area contributed by atoms with Crippen molar-refractivity contribution in [2.75, 3.05) is 24.5 Å². The lowest BCUT2D eigenvalue weighted by Gasteiger charge is -2.24. The summed E-state index contributed by atoms with van der Waals surface area (Å²) in [6, 6.07) is 3.04. The Bertz CT molecular complexity index is 892. The number of rotatable bonds is 2. The second-order valence-corrected chi connectivity index (χ2v) is 7.10. The predicted molar refractivity (Wildman–Crippen MR) is 86.0 cm³/mol. The highest BCUT2D eigenvalue weighted by atomic mass is 19.1. The van der Waals surface area contributed by atoms with Crippen molar-refractivity contribution < 1.29 is 14.0 Å². The number of halogens is 1. The first-order valence-corrected chi connectivity index (χ1v) is 8.38. The number of carbonyl (C=O) groups is 2. The van der Waals surface area contributed by atoms with E-state index in [2.05, 4.69) is 20.7 Å². The number of anilines is 1. The summed E-state index contributed by atoms with van der Waals surface area (Å²) in [6.45, 7) is 1.17. The van der Waals surface area contributed by atoms with E-state index >= 15 is 0 Å². The van der Waals surface area contributed by atoms with Crippen molar-refractivity contribution >= 4 is 23.4 Å². The Kier molecular flexibility index (Phi) is 2.87. The van der Waals surface area contributed by atoms with Crippen LogP contribution in [0.4, 0.5) is 15.0 Å². The van der Waals surface area contributed by atoms with Crippen LogP contribution in [0.15, 0.2) is 18.3 Å². The number of carbonyl (C=O) groups excluding carboxylic acids is 2. The minimum atomic E-state index is -0.841. The first kappa shape index (κ1) is 14.6. The van der Waals surface area contributed by atoms with Crippen molar-refractivity contribution in [3.63, 3.8) is 0 Å². The molecule has 0 aromatic carbocycles. The van der Waals surface area contributed by atoms with Crippen molar-refractivity contribution in [3.05, 3.63) is 24.0 Å². The molecule has 4 heterocycles. The molecule has 2 aromatic heterocycles. The molecule has 2 unspecified atom stereocenters. The average molecular weight is 344 g/mol. The summed E-state index contributed by atoms with van der Waals surface area (Å²) >= 11 is 0. The standard InChI is InChI=1S/C16H17FN6O2/c17-11-7-22(8-16(11)2-3-16)13-5-10(20-12-1-4-19-23(12)13)9-6-18-15(25)21-14(9)24/h1,4-5,9,11H,2-3,6-8H2,(H2,18,21,24,25). The molecule has 2 N–H and O–H groups in total. The zero-order valence-electron chi connectivity index (χ0n) is 13.4. The molecule has 2 atom stereocenters. The van der Waals surface area contributed by atoms with E-state index in [1.54, 1.807) is 22.8 Å². The van der Waals surface area contributed by atoms with Crippen LogP contribution in [0.1, 0.15) is 24.5 Å². The molecule has 2 aromatic rings. The first-order valence-electron chi connectivity index (χ1n) is 8.38. The Labute approximate surface area is 142 Å². The highest BCUT2D eigenvalue weighted by Gasteiger charge is 2.56. The van der Waals surface area contributed by atoms with Crippen LogP contribution in [-0.2, 0) is 4.79 Å². The van der Waals surface area contributed by atoms with Crippen LogP contribution in [0, 0.1) is 5.41 Å². The van der Waals surface area contributed by atoms with Gasteiger partial charge in [0.05, 0.1) is 24.4 Å². The molecule has 0 radical (unpaired) electrons. The third kappa shape index (κ3) is 2.18. The van der Waals surface area contributed by atoms with E-state index in [1.807, 2.05) is 4.90 Å². The highest BCUT2D eigenvalue weighted by molar-refractivity contribution is 6.00.